The van der Waals surface area contributed by atoms with Crippen molar-refractivity contribution in [2.24, 2.45) is 5.73 Å². The van der Waals surface area contributed by atoms with Crippen molar-refractivity contribution in [1.82, 2.24) is 4.90 Å². The first kappa shape index (κ1) is 16.1. The number of fused-ring (bicyclic) bond motifs is 1. The molecule has 1 aromatic rings. The molecule has 23 heavy (non-hydrogen) atoms. The lowest BCUT2D eigenvalue weighted by atomic mass is 10.00. The van der Waals surface area contributed by atoms with E-state index in [1.165, 1.54) is 44.5 Å². The highest BCUT2D eigenvalue weighted by Crippen LogP contribution is 2.30. The highest BCUT2D eigenvalue weighted by molar-refractivity contribution is 5.92. The molecule has 5 heteroatoms. The van der Waals surface area contributed by atoms with Crippen molar-refractivity contribution in [3.8, 4) is 0 Å². The molecule has 2 aliphatic heterocycles. The van der Waals surface area contributed by atoms with E-state index in [1.807, 2.05) is 0 Å². The minimum Gasteiger partial charge on any atom is -0.382 e. The van der Waals surface area contributed by atoms with E-state index in [2.05, 4.69) is 35.3 Å². The van der Waals surface area contributed by atoms with E-state index in [4.69, 9.17) is 5.73 Å². The zero-order chi connectivity index (χ0) is 16.2. The quantitative estimate of drug-likeness (QED) is 0.898. The Kier molecular flexibility index (Phi) is 5.06. The molecule has 2 amide bonds. The van der Waals surface area contributed by atoms with Crippen LogP contribution in [0.4, 0.5) is 16.2 Å². The van der Waals surface area contributed by atoms with Crippen LogP contribution in [-0.2, 0) is 6.42 Å². The Hall–Kier alpha value is -1.75. The number of primary amides is 1. The van der Waals surface area contributed by atoms with Gasteiger partial charge in [-0.2, -0.15) is 0 Å². The Morgan fingerprint density at radius 1 is 1.30 bits per heavy atom. The number of aryl methyl sites for hydroxylation is 1. The van der Waals surface area contributed by atoms with Crippen LogP contribution in [0.5, 0.6) is 0 Å². The van der Waals surface area contributed by atoms with E-state index in [0.717, 1.165) is 30.8 Å². The topological polar surface area (TPSA) is 61.6 Å². The molecule has 1 saturated heterocycles. The maximum Gasteiger partial charge on any atom is 0.319 e. The summed E-state index contributed by atoms with van der Waals surface area (Å²) in [5.74, 6) is 0. The van der Waals surface area contributed by atoms with Crippen molar-refractivity contribution in [3.05, 3.63) is 23.8 Å². The molecule has 0 radical (unpaired) electrons. The summed E-state index contributed by atoms with van der Waals surface area (Å²) in [7, 11) is 0. The summed E-state index contributed by atoms with van der Waals surface area (Å²) >= 11 is 0. The number of likely N-dealkylation sites (tertiary alicyclic amines) is 1. The molecular weight excluding hydrogens is 288 g/mol. The Morgan fingerprint density at radius 2 is 2.09 bits per heavy atom. The van der Waals surface area contributed by atoms with Crippen LogP contribution in [0.25, 0.3) is 0 Å². The van der Waals surface area contributed by atoms with Gasteiger partial charge in [-0.25, -0.2) is 4.79 Å². The molecule has 0 unspecified atom stereocenters. The number of amides is 2. The van der Waals surface area contributed by atoms with Crippen LogP contribution in [-0.4, -0.2) is 43.2 Å². The second kappa shape index (κ2) is 7.21. The van der Waals surface area contributed by atoms with Crippen molar-refractivity contribution < 1.29 is 4.79 Å². The Balaban J connectivity index is 1.65. The summed E-state index contributed by atoms with van der Waals surface area (Å²) < 4.78 is 0. The lowest BCUT2D eigenvalue weighted by Gasteiger charge is -2.33. The van der Waals surface area contributed by atoms with Crippen molar-refractivity contribution in [2.75, 3.05) is 36.4 Å². The van der Waals surface area contributed by atoms with Gasteiger partial charge in [-0.15, -0.1) is 0 Å². The molecule has 1 aromatic carbocycles. The average Bonchev–Trinajstić information content (AvgIpc) is 2.56. The Bertz CT molecular complexity index is 552. The fourth-order valence-corrected chi connectivity index (χ4v) is 3.75. The Labute approximate surface area is 138 Å². The number of hydrogen-bond donors (Lipinski definition) is 2. The van der Waals surface area contributed by atoms with Gasteiger partial charge in [0.25, 0.3) is 0 Å². The number of carbonyl (C=O) groups is 1. The number of piperidine rings is 1. The van der Waals surface area contributed by atoms with E-state index in [0.29, 0.717) is 6.04 Å². The molecule has 2 aliphatic rings. The molecule has 0 saturated carbocycles. The largest absolute Gasteiger partial charge is 0.382 e. The van der Waals surface area contributed by atoms with Crippen LogP contribution in [0, 0.1) is 0 Å². The molecule has 0 bridgehead atoms. The Morgan fingerprint density at radius 3 is 2.78 bits per heavy atom. The fraction of sp³-hybridized carbons (Fsp3) is 0.611. The second-order valence-corrected chi connectivity index (χ2v) is 6.70. The molecular formula is C18H28N4O. The molecule has 1 fully saturated rings. The molecule has 0 aromatic heterocycles. The second-order valence-electron chi connectivity index (χ2n) is 6.70. The van der Waals surface area contributed by atoms with Gasteiger partial charge in [-0.3, -0.25) is 4.90 Å². The third kappa shape index (κ3) is 3.78. The lowest BCUT2D eigenvalue weighted by Crippen LogP contribution is -2.40. The van der Waals surface area contributed by atoms with Crippen molar-refractivity contribution in [1.29, 1.82) is 0 Å². The number of benzene rings is 1. The van der Waals surface area contributed by atoms with Crippen LogP contribution >= 0.6 is 0 Å². The minimum absolute atomic E-state index is 0.351. The number of nitrogens with two attached hydrogens (primary N) is 1. The first-order valence-electron chi connectivity index (χ1n) is 8.86. The van der Waals surface area contributed by atoms with E-state index in [9.17, 15) is 4.79 Å². The van der Waals surface area contributed by atoms with E-state index in [-0.39, 0.29) is 6.03 Å². The minimum atomic E-state index is -0.351. The summed E-state index contributed by atoms with van der Waals surface area (Å²) in [5, 5.41) is 3.65. The zero-order valence-electron chi connectivity index (χ0n) is 14.1. The monoisotopic (exact) mass is 316 g/mol. The molecule has 0 atom stereocenters. The number of carbonyl (C=O) groups excluding carboxylic acids is 1. The van der Waals surface area contributed by atoms with Crippen molar-refractivity contribution >= 4 is 17.4 Å². The van der Waals surface area contributed by atoms with Gasteiger partial charge in [-0.05, 0) is 56.3 Å². The SMILES string of the molecule is CCCN1CCC(Nc2ccc3c(c2)N(C(N)=O)CCC3)CC1. The van der Waals surface area contributed by atoms with Gasteiger partial charge in [-0.1, -0.05) is 13.0 Å². The van der Waals surface area contributed by atoms with Crippen LogP contribution < -0.4 is 16.0 Å². The zero-order valence-corrected chi connectivity index (χ0v) is 14.1. The van der Waals surface area contributed by atoms with Gasteiger partial charge in [0.05, 0.1) is 5.69 Å². The summed E-state index contributed by atoms with van der Waals surface area (Å²) in [6, 6.07) is 6.54. The summed E-state index contributed by atoms with van der Waals surface area (Å²) in [6.45, 7) is 6.51. The van der Waals surface area contributed by atoms with Crippen LogP contribution in [0.2, 0.25) is 0 Å². The maximum absolute atomic E-state index is 11.6. The summed E-state index contributed by atoms with van der Waals surface area (Å²) in [5.41, 5.74) is 8.83. The number of anilines is 2. The van der Waals surface area contributed by atoms with Gasteiger partial charge < -0.3 is 16.0 Å². The smallest absolute Gasteiger partial charge is 0.319 e. The van der Waals surface area contributed by atoms with Gasteiger partial charge in [0.2, 0.25) is 0 Å². The first-order valence-corrected chi connectivity index (χ1v) is 8.86. The predicted octanol–water partition coefficient (Wildman–Crippen LogP) is 2.80. The van der Waals surface area contributed by atoms with E-state index in [1.54, 1.807) is 4.90 Å². The number of nitrogens with zero attached hydrogens (tertiary/aromatic N) is 2. The first-order chi connectivity index (χ1) is 11.2. The van der Waals surface area contributed by atoms with E-state index >= 15 is 0 Å². The molecule has 0 aliphatic carbocycles. The standard InChI is InChI=1S/C18H28N4O/c1-2-9-21-11-7-15(8-12-21)20-16-6-5-14-4-3-10-22(18(19)23)17(14)13-16/h5-6,13,15,20H,2-4,7-12H2,1H3,(H2,19,23). The van der Waals surface area contributed by atoms with Gasteiger partial charge in [0, 0.05) is 31.4 Å². The normalized spacial score (nSPS) is 19.4. The van der Waals surface area contributed by atoms with E-state index < -0.39 is 0 Å². The lowest BCUT2D eigenvalue weighted by molar-refractivity contribution is 0.219. The fourth-order valence-electron chi connectivity index (χ4n) is 3.75. The van der Waals surface area contributed by atoms with Crippen LogP contribution in [0.3, 0.4) is 0 Å². The van der Waals surface area contributed by atoms with Crippen LogP contribution in [0.1, 0.15) is 38.2 Å². The predicted molar refractivity (Wildman–Crippen MR) is 95.1 cm³/mol. The number of urea groups is 1. The number of hydrogen-bond acceptors (Lipinski definition) is 3. The third-order valence-electron chi connectivity index (χ3n) is 4.97. The third-order valence-corrected chi connectivity index (χ3v) is 4.97. The highest BCUT2D eigenvalue weighted by Gasteiger charge is 2.22. The maximum atomic E-state index is 11.6. The van der Waals surface area contributed by atoms with Gasteiger partial charge in [0.15, 0.2) is 0 Å². The van der Waals surface area contributed by atoms with Gasteiger partial charge in [0.1, 0.15) is 0 Å². The molecule has 0 spiro atoms. The van der Waals surface area contributed by atoms with Crippen molar-refractivity contribution in [3.63, 3.8) is 0 Å². The molecule has 2 heterocycles. The molecule has 126 valence electrons. The number of rotatable bonds is 4. The number of nitrogens with one attached hydrogen (secondary N) is 1. The molecule has 5 nitrogen and oxygen atoms in total. The van der Waals surface area contributed by atoms with Gasteiger partial charge >= 0.3 is 6.03 Å². The molecule has 3 rings (SSSR count). The highest BCUT2D eigenvalue weighted by atomic mass is 16.2. The summed E-state index contributed by atoms with van der Waals surface area (Å²) in [6.07, 6.45) is 5.59. The summed E-state index contributed by atoms with van der Waals surface area (Å²) in [4.78, 5) is 15.9. The average molecular weight is 316 g/mol. The van der Waals surface area contributed by atoms with Crippen molar-refractivity contribution in [2.45, 2.75) is 45.1 Å². The molecule has 3 N–H and O–H groups in total. The van der Waals surface area contributed by atoms with Crippen LogP contribution in [0.15, 0.2) is 18.2 Å².